The van der Waals surface area contributed by atoms with Gasteiger partial charge < -0.3 is 10.2 Å². The van der Waals surface area contributed by atoms with Crippen molar-refractivity contribution < 1.29 is 17.6 Å². The Morgan fingerprint density at radius 3 is 2.69 bits per heavy atom. The zero-order valence-electron chi connectivity index (χ0n) is 15.1. The summed E-state index contributed by atoms with van der Waals surface area (Å²) < 4.78 is 37.0. The molecule has 29 heavy (non-hydrogen) atoms. The lowest BCUT2D eigenvalue weighted by Crippen LogP contribution is -2.36. The summed E-state index contributed by atoms with van der Waals surface area (Å²) in [5, 5.41) is 3.12. The Kier molecular flexibility index (Phi) is 5.54. The number of nitrogens with one attached hydrogen (secondary N) is 1. The molecule has 0 bridgehead atoms. The number of fused-ring (bicyclic) bond motifs is 1. The van der Waals surface area contributed by atoms with E-state index in [2.05, 4.69) is 10.3 Å². The van der Waals surface area contributed by atoms with Gasteiger partial charge in [-0.05, 0) is 30.3 Å². The minimum Gasteiger partial charge on any atom is -0.324 e. The molecule has 1 fully saturated rings. The summed E-state index contributed by atoms with van der Waals surface area (Å²) >= 11 is 7.16. The number of para-hydroxylation sites is 1. The average Bonchev–Trinajstić information content (AvgIpc) is 3.17. The number of benzene rings is 2. The van der Waals surface area contributed by atoms with E-state index in [1.807, 2.05) is 30.3 Å². The molecule has 2 aliphatic rings. The number of carbonyl (C=O) groups excluding carboxylic acids is 1. The molecule has 0 unspecified atom stereocenters. The molecule has 1 N–H and O–H groups in total. The number of nitrogens with zero attached hydrogens (tertiary/aromatic N) is 2. The van der Waals surface area contributed by atoms with E-state index in [9.17, 15) is 17.6 Å². The molecule has 0 aliphatic carbocycles. The van der Waals surface area contributed by atoms with E-state index in [1.54, 1.807) is 4.90 Å². The van der Waals surface area contributed by atoms with Crippen molar-refractivity contribution in [2.45, 2.75) is 11.3 Å². The van der Waals surface area contributed by atoms with Gasteiger partial charge in [0.1, 0.15) is 12.4 Å². The van der Waals surface area contributed by atoms with Gasteiger partial charge in [0.2, 0.25) is 5.91 Å². The number of anilines is 2. The van der Waals surface area contributed by atoms with Crippen molar-refractivity contribution in [1.29, 1.82) is 0 Å². The molecule has 2 aromatic rings. The standard InChI is InChI=1S/C19H17ClFN3O3S2/c20-14-8-12(6-7-15(14)21)22-18(25)9-24(13-4-2-1-3-5-13)19-23-16-10-29(26,27)11-17(16)28-19/h1-8,16-17H,9-11H2,(H,22,25)/t16-,17-/m1/s1. The summed E-state index contributed by atoms with van der Waals surface area (Å²) in [4.78, 5) is 19.0. The second-order valence-electron chi connectivity index (χ2n) is 6.81. The fraction of sp³-hybridized carbons (Fsp3) is 0.263. The van der Waals surface area contributed by atoms with E-state index >= 15 is 0 Å². The highest BCUT2D eigenvalue weighted by atomic mass is 35.5. The van der Waals surface area contributed by atoms with Gasteiger partial charge in [0.15, 0.2) is 15.0 Å². The zero-order valence-corrected chi connectivity index (χ0v) is 17.5. The van der Waals surface area contributed by atoms with Gasteiger partial charge >= 0.3 is 0 Å². The van der Waals surface area contributed by atoms with Crippen LogP contribution < -0.4 is 10.2 Å². The fourth-order valence-corrected chi connectivity index (χ4v) is 7.23. The van der Waals surface area contributed by atoms with Gasteiger partial charge in [-0.1, -0.05) is 41.6 Å². The maximum absolute atomic E-state index is 13.3. The number of halogens is 2. The van der Waals surface area contributed by atoms with Crippen LogP contribution in [0.5, 0.6) is 0 Å². The van der Waals surface area contributed by atoms with Crippen LogP contribution in [-0.4, -0.2) is 48.8 Å². The largest absolute Gasteiger partial charge is 0.324 e. The summed E-state index contributed by atoms with van der Waals surface area (Å²) in [6.07, 6.45) is 0. The molecule has 4 rings (SSSR count). The van der Waals surface area contributed by atoms with Gasteiger partial charge in [-0.25, -0.2) is 12.8 Å². The number of hydrogen-bond donors (Lipinski definition) is 1. The lowest BCUT2D eigenvalue weighted by Gasteiger charge is -2.24. The zero-order chi connectivity index (χ0) is 20.6. The number of rotatable bonds is 4. The Bertz CT molecular complexity index is 1080. The maximum atomic E-state index is 13.3. The second kappa shape index (κ2) is 7.97. The minimum atomic E-state index is -3.06. The molecule has 0 saturated carbocycles. The van der Waals surface area contributed by atoms with Crippen LogP contribution in [0, 0.1) is 5.82 Å². The number of sulfone groups is 1. The van der Waals surface area contributed by atoms with Gasteiger partial charge in [-0.15, -0.1) is 0 Å². The van der Waals surface area contributed by atoms with E-state index < -0.39 is 15.7 Å². The molecule has 0 aromatic heterocycles. The third kappa shape index (κ3) is 4.57. The molecule has 2 aromatic carbocycles. The third-order valence-electron chi connectivity index (χ3n) is 4.61. The van der Waals surface area contributed by atoms with Crippen molar-refractivity contribution in [1.82, 2.24) is 0 Å². The number of carbonyl (C=O) groups is 1. The normalized spacial score (nSPS) is 22.1. The summed E-state index contributed by atoms with van der Waals surface area (Å²) in [5.74, 6) is -0.756. The average molecular weight is 454 g/mol. The highest BCUT2D eigenvalue weighted by molar-refractivity contribution is 8.15. The lowest BCUT2D eigenvalue weighted by atomic mass is 10.2. The topological polar surface area (TPSA) is 78.8 Å². The summed E-state index contributed by atoms with van der Waals surface area (Å²) in [6, 6.07) is 13.0. The number of amidine groups is 1. The molecule has 0 spiro atoms. The van der Waals surface area contributed by atoms with E-state index in [0.29, 0.717) is 10.9 Å². The van der Waals surface area contributed by atoms with Gasteiger partial charge in [-0.3, -0.25) is 9.79 Å². The third-order valence-corrected chi connectivity index (χ3v) is 8.15. The first-order valence-corrected chi connectivity index (χ1v) is 11.9. The molecular formula is C19H17ClFN3O3S2. The quantitative estimate of drug-likeness (QED) is 0.769. The summed E-state index contributed by atoms with van der Waals surface area (Å²) in [7, 11) is -3.06. The Balaban J connectivity index is 1.54. The Morgan fingerprint density at radius 2 is 2.00 bits per heavy atom. The van der Waals surface area contributed by atoms with Crippen molar-refractivity contribution in [3.63, 3.8) is 0 Å². The number of aliphatic imine (C=N–C) groups is 1. The highest BCUT2D eigenvalue weighted by Crippen LogP contribution is 2.36. The van der Waals surface area contributed by atoms with Crippen molar-refractivity contribution in [3.8, 4) is 0 Å². The van der Waals surface area contributed by atoms with Crippen molar-refractivity contribution >= 4 is 55.6 Å². The molecule has 2 aliphatic heterocycles. The van der Waals surface area contributed by atoms with Crippen LogP contribution in [0.1, 0.15) is 0 Å². The molecule has 152 valence electrons. The predicted molar refractivity (Wildman–Crippen MR) is 115 cm³/mol. The summed E-state index contributed by atoms with van der Waals surface area (Å²) in [5.41, 5.74) is 1.16. The molecule has 0 radical (unpaired) electrons. The van der Waals surface area contributed by atoms with Gasteiger partial charge in [0.05, 0.1) is 22.6 Å². The minimum absolute atomic E-state index is 0.0307. The second-order valence-corrected chi connectivity index (χ2v) is 10.6. The highest BCUT2D eigenvalue weighted by Gasteiger charge is 2.44. The molecule has 1 saturated heterocycles. The van der Waals surface area contributed by atoms with E-state index in [4.69, 9.17) is 11.6 Å². The molecular weight excluding hydrogens is 437 g/mol. The molecule has 6 nitrogen and oxygen atoms in total. The van der Waals surface area contributed by atoms with E-state index in [1.165, 1.54) is 30.0 Å². The number of amides is 1. The first-order chi connectivity index (χ1) is 13.8. The van der Waals surface area contributed by atoms with Crippen LogP contribution in [0.15, 0.2) is 53.5 Å². The smallest absolute Gasteiger partial charge is 0.244 e. The SMILES string of the molecule is O=C(CN(C1=N[C@@H]2CS(=O)(=O)C[C@H]2S1)c1ccccc1)Nc1ccc(F)c(Cl)c1. The van der Waals surface area contributed by atoms with Gasteiger partial charge in [0, 0.05) is 16.6 Å². The Morgan fingerprint density at radius 1 is 1.24 bits per heavy atom. The van der Waals surface area contributed by atoms with Crippen molar-refractivity contribution in [3.05, 3.63) is 59.4 Å². The van der Waals surface area contributed by atoms with Crippen LogP contribution in [0.25, 0.3) is 0 Å². The molecule has 1 amide bonds. The van der Waals surface area contributed by atoms with Crippen LogP contribution in [0.3, 0.4) is 0 Å². The van der Waals surface area contributed by atoms with Gasteiger partial charge in [0.25, 0.3) is 0 Å². The monoisotopic (exact) mass is 453 g/mol. The number of hydrogen-bond acceptors (Lipinski definition) is 6. The molecule has 2 atom stereocenters. The predicted octanol–water partition coefficient (Wildman–Crippen LogP) is 3.19. The van der Waals surface area contributed by atoms with Crippen LogP contribution in [0.4, 0.5) is 15.8 Å². The molecule has 2 heterocycles. The molecule has 10 heteroatoms. The van der Waals surface area contributed by atoms with E-state index in [-0.39, 0.29) is 40.3 Å². The van der Waals surface area contributed by atoms with E-state index in [0.717, 1.165) is 5.69 Å². The first-order valence-electron chi connectivity index (χ1n) is 8.83. The first kappa shape index (κ1) is 20.2. The maximum Gasteiger partial charge on any atom is 0.244 e. The van der Waals surface area contributed by atoms with Crippen LogP contribution >= 0.6 is 23.4 Å². The Hall–Kier alpha value is -2.10. The van der Waals surface area contributed by atoms with Crippen molar-refractivity contribution in [2.75, 3.05) is 28.3 Å². The fourth-order valence-electron chi connectivity index (χ4n) is 3.27. The van der Waals surface area contributed by atoms with Crippen LogP contribution in [-0.2, 0) is 14.6 Å². The van der Waals surface area contributed by atoms with Crippen molar-refractivity contribution in [2.24, 2.45) is 4.99 Å². The Labute approximate surface area is 177 Å². The lowest BCUT2D eigenvalue weighted by molar-refractivity contribution is -0.114. The van der Waals surface area contributed by atoms with Crippen LogP contribution in [0.2, 0.25) is 5.02 Å². The number of thioether (sulfide) groups is 1. The summed E-state index contributed by atoms with van der Waals surface area (Å²) in [6.45, 7) is -0.0307. The van der Waals surface area contributed by atoms with Gasteiger partial charge in [-0.2, -0.15) is 0 Å².